The van der Waals surface area contributed by atoms with E-state index in [1.54, 1.807) is 29.5 Å². The molecular formula is C19H14ClN2O3S-. The SMILES string of the molecule is O=C([O-])c1ccc(/C=C(\Cl)c2nc3sc4c(c3c(=O)[nH]2)CCCC4)cc1. The van der Waals surface area contributed by atoms with Crippen molar-refractivity contribution >= 4 is 50.2 Å². The predicted octanol–water partition coefficient (Wildman–Crippen LogP) is 2.96. The predicted molar refractivity (Wildman–Crippen MR) is 101 cm³/mol. The van der Waals surface area contributed by atoms with Crippen LogP contribution >= 0.6 is 22.9 Å². The van der Waals surface area contributed by atoms with E-state index >= 15 is 0 Å². The molecule has 4 rings (SSSR count). The van der Waals surface area contributed by atoms with Gasteiger partial charge in [-0.05, 0) is 48.4 Å². The number of aromatic amines is 1. The van der Waals surface area contributed by atoms with Crippen LogP contribution in [0.4, 0.5) is 0 Å². The van der Waals surface area contributed by atoms with E-state index < -0.39 is 5.97 Å². The molecule has 7 heteroatoms. The van der Waals surface area contributed by atoms with Gasteiger partial charge in [0.2, 0.25) is 0 Å². The van der Waals surface area contributed by atoms with Crippen LogP contribution in [0.5, 0.6) is 0 Å². The number of halogens is 1. The monoisotopic (exact) mass is 385 g/mol. The van der Waals surface area contributed by atoms with Gasteiger partial charge in [-0.25, -0.2) is 4.98 Å². The molecule has 0 amide bonds. The molecule has 0 saturated heterocycles. The number of aryl methyl sites for hydroxylation is 2. The molecule has 1 aliphatic carbocycles. The minimum absolute atomic E-state index is 0.0930. The van der Waals surface area contributed by atoms with Gasteiger partial charge in [0.25, 0.3) is 5.56 Å². The molecule has 0 atom stereocenters. The zero-order valence-corrected chi connectivity index (χ0v) is 15.2. The Kier molecular flexibility index (Phi) is 4.38. The molecule has 2 heterocycles. The maximum absolute atomic E-state index is 12.6. The Labute approximate surface area is 158 Å². The Morgan fingerprint density at radius 2 is 1.96 bits per heavy atom. The van der Waals surface area contributed by atoms with Crippen LogP contribution in [0.15, 0.2) is 29.1 Å². The minimum Gasteiger partial charge on any atom is -0.545 e. The van der Waals surface area contributed by atoms with Crippen molar-refractivity contribution in [3.63, 3.8) is 0 Å². The average molecular weight is 386 g/mol. The summed E-state index contributed by atoms with van der Waals surface area (Å²) in [6.07, 6.45) is 5.81. The highest BCUT2D eigenvalue weighted by molar-refractivity contribution is 7.18. The summed E-state index contributed by atoms with van der Waals surface area (Å²) in [7, 11) is 0. The van der Waals surface area contributed by atoms with E-state index in [0.717, 1.165) is 36.1 Å². The quantitative estimate of drug-likeness (QED) is 0.751. The van der Waals surface area contributed by atoms with Crippen molar-refractivity contribution < 1.29 is 9.90 Å². The number of aromatic nitrogens is 2. The van der Waals surface area contributed by atoms with Crippen molar-refractivity contribution in [2.45, 2.75) is 25.7 Å². The highest BCUT2D eigenvalue weighted by atomic mass is 35.5. The van der Waals surface area contributed by atoms with Crippen molar-refractivity contribution in [1.82, 2.24) is 9.97 Å². The van der Waals surface area contributed by atoms with Crippen molar-refractivity contribution in [1.29, 1.82) is 0 Å². The Morgan fingerprint density at radius 1 is 1.23 bits per heavy atom. The van der Waals surface area contributed by atoms with E-state index in [-0.39, 0.29) is 16.2 Å². The molecule has 0 saturated carbocycles. The molecule has 2 aromatic heterocycles. The number of carboxylic acids is 1. The molecule has 1 aromatic carbocycles. The Bertz CT molecular complexity index is 1100. The lowest BCUT2D eigenvalue weighted by Crippen LogP contribution is -2.21. The van der Waals surface area contributed by atoms with Crippen molar-refractivity contribution in [3.8, 4) is 0 Å². The van der Waals surface area contributed by atoms with E-state index in [1.807, 2.05) is 0 Å². The highest BCUT2D eigenvalue weighted by Gasteiger charge is 2.20. The molecule has 26 heavy (non-hydrogen) atoms. The molecule has 5 nitrogen and oxygen atoms in total. The number of benzene rings is 1. The number of carboxylic acid groups (broad SMARTS) is 1. The molecule has 1 aliphatic rings. The molecular weight excluding hydrogens is 372 g/mol. The lowest BCUT2D eigenvalue weighted by molar-refractivity contribution is -0.255. The standard InChI is InChI=1S/C19H15ClN2O3S/c20-13(9-10-5-7-11(8-6-10)19(24)25)16-21-17(23)15-12-3-1-2-4-14(12)26-18(15)22-16/h5-9H,1-4H2,(H,24,25)(H,21,22,23)/p-1/b13-9-. The highest BCUT2D eigenvalue weighted by Crippen LogP contribution is 2.34. The van der Waals surface area contributed by atoms with Crippen molar-refractivity contribution in [2.75, 3.05) is 0 Å². The first kappa shape index (κ1) is 17.0. The number of rotatable bonds is 3. The third-order valence-electron chi connectivity index (χ3n) is 4.49. The van der Waals surface area contributed by atoms with Crippen LogP contribution in [0.1, 0.15) is 45.0 Å². The lowest BCUT2D eigenvalue weighted by Gasteiger charge is -2.09. The summed E-state index contributed by atoms with van der Waals surface area (Å²) >= 11 is 7.91. The summed E-state index contributed by atoms with van der Waals surface area (Å²) in [6, 6.07) is 6.12. The van der Waals surface area contributed by atoms with Crippen molar-refractivity contribution in [2.24, 2.45) is 0 Å². The second-order valence-corrected chi connectivity index (χ2v) is 7.70. The fourth-order valence-electron chi connectivity index (χ4n) is 3.21. The van der Waals surface area contributed by atoms with Crippen LogP contribution in [0.2, 0.25) is 0 Å². The van der Waals surface area contributed by atoms with Crippen LogP contribution < -0.4 is 10.7 Å². The maximum Gasteiger partial charge on any atom is 0.260 e. The number of aromatic carboxylic acids is 1. The zero-order valence-electron chi connectivity index (χ0n) is 13.7. The third kappa shape index (κ3) is 3.06. The van der Waals surface area contributed by atoms with Gasteiger partial charge in [0, 0.05) is 4.88 Å². The van der Waals surface area contributed by atoms with Crippen LogP contribution in [-0.4, -0.2) is 15.9 Å². The summed E-state index contributed by atoms with van der Waals surface area (Å²) in [5, 5.41) is 11.8. The Balaban J connectivity index is 1.73. The summed E-state index contributed by atoms with van der Waals surface area (Å²) in [6.45, 7) is 0. The van der Waals surface area contributed by atoms with Crippen LogP contribution in [0.25, 0.3) is 21.3 Å². The van der Waals surface area contributed by atoms with Crippen LogP contribution in [0, 0.1) is 0 Å². The zero-order chi connectivity index (χ0) is 18.3. The number of thiophene rings is 1. The maximum atomic E-state index is 12.6. The summed E-state index contributed by atoms with van der Waals surface area (Å²) in [5.41, 5.74) is 1.77. The fraction of sp³-hybridized carbons (Fsp3) is 0.211. The first-order valence-electron chi connectivity index (χ1n) is 8.26. The number of fused-ring (bicyclic) bond motifs is 3. The molecule has 0 aliphatic heterocycles. The Hall–Kier alpha value is -2.44. The third-order valence-corrected chi connectivity index (χ3v) is 5.96. The molecule has 0 fully saturated rings. The van der Waals surface area contributed by atoms with Gasteiger partial charge < -0.3 is 14.9 Å². The number of carbonyl (C=O) groups is 1. The molecule has 0 spiro atoms. The number of hydrogen-bond acceptors (Lipinski definition) is 5. The normalized spacial score (nSPS) is 14.4. The second kappa shape index (κ2) is 6.70. The van der Waals surface area contributed by atoms with Gasteiger partial charge in [0.05, 0.1) is 16.4 Å². The van der Waals surface area contributed by atoms with E-state index in [4.69, 9.17) is 11.6 Å². The first-order chi connectivity index (χ1) is 12.5. The summed E-state index contributed by atoms with van der Waals surface area (Å²) in [5.74, 6) is -0.920. The number of nitrogens with zero attached hydrogens (tertiary/aromatic N) is 1. The minimum atomic E-state index is -1.23. The van der Waals surface area contributed by atoms with E-state index in [0.29, 0.717) is 16.8 Å². The first-order valence-corrected chi connectivity index (χ1v) is 9.46. The van der Waals surface area contributed by atoms with Gasteiger partial charge in [0.1, 0.15) is 4.83 Å². The van der Waals surface area contributed by atoms with Gasteiger partial charge in [-0.3, -0.25) is 4.79 Å². The largest absolute Gasteiger partial charge is 0.545 e. The lowest BCUT2D eigenvalue weighted by atomic mass is 9.97. The number of carbonyl (C=O) groups excluding carboxylic acids is 1. The fourth-order valence-corrected chi connectivity index (χ4v) is 4.68. The van der Waals surface area contributed by atoms with Gasteiger partial charge in [-0.15, -0.1) is 11.3 Å². The van der Waals surface area contributed by atoms with Crippen LogP contribution in [0.3, 0.4) is 0 Å². The van der Waals surface area contributed by atoms with Gasteiger partial charge >= 0.3 is 0 Å². The molecule has 1 N–H and O–H groups in total. The second-order valence-electron chi connectivity index (χ2n) is 6.21. The summed E-state index contributed by atoms with van der Waals surface area (Å²) < 4.78 is 0. The molecule has 0 bridgehead atoms. The number of hydrogen-bond donors (Lipinski definition) is 1. The van der Waals surface area contributed by atoms with Gasteiger partial charge in [0.15, 0.2) is 5.82 Å². The van der Waals surface area contributed by atoms with Gasteiger partial charge in [-0.1, -0.05) is 35.9 Å². The summed E-state index contributed by atoms with van der Waals surface area (Å²) in [4.78, 5) is 32.6. The molecule has 3 aromatic rings. The van der Waals surface area contributed by atoms with Crippen molar-refractivity contribution in [3.05, 3.63) is 62.0 Å². The number of nitrogens with one attached hydrogen (secondary N) is 1. The molecule has 0 unspecified atom stereocenters. The van der Waals surface area contributed by atoms with E-state index in [1.165, 1.54) is 17.0 Å². The molecule has 132 valence electrons. The van der Waals surface area contributed by atoms with Crippen LogP contribution in [-0.2, 0) is 12.8 Å². The molecule has 0 radical (unpaired) electrons. The number of H-pyrrole nitrogens is 1. The van der Waals surface area contributed by atoms with E-state index in [2.05, 4.69) is 9.97 Å². The van der Waals surface area contributed by atoms with Gasteiger partial charge in [-0.2, -0.15) is 0 Å². The van der Waals surface area contributed by atoms with E-state index in [9.17, 15) is 14.7 Å². The topological polar surface area (TPSA) is 85.9 Å². The Morgan fingerprint density at radius 3 is 2.69 bits per heavy atom. The smallest absolute Gasteiger partial charge is 0.260 e. The average Bonchev–Trinajstić information content (AvgIpc) is 3.01.